The quantitative estimate of drug-likeness (QED) is 0.400. The number of esters is 1. The normalized spacial score (nSPS) is 10.8. The van der Waals surface area contributed by atoms with Crippen LogP contribution in [0.3, 0.4) is 0 Å². The average Bonchev–Trinajstić information content (AvgIpc) is 1.99. The van der Waals surface area contributed by atoms with Crippen molar-refractivity contribution in [3.8, 4) is 0 Å². The summed E-state index contributed by atoms with van der Waals surface area (Å²) < 4.78 is 4.47. The van der Waals surface area contributed by atoms with Gasteiger partial charge in [-0.3, -0.25) is 0 Å². The van der Waals surface area contributed by atoms with Crippen LogP contribution in [0.2, 0.25) is 0 Å². The van der Waals surface area contributed by atoms with E-state index in [1.807, 2.05) is 0 Å². The fourth-order valence-corrected chi connectivity index (χ4v) is 0.833. The molecule has 3 heteroatoms. The molecule has 0 N–H and O–H groups in total. The molecule has 0 amide bonds. The van der Waals surface area contributed by atoms with E-state index in [1.165, 1.54) is 7.11 Å². The van der Waals surface area contributed by atoms with Crippen LogP contribution in [0.4, 0.5) is 0 Å². The maximum atomic E-state index is 10.8. The van der Waals surface area contributed by atoms with Crippen LogP contribution in [-0.2, 0) is 9.53 Å². The van der Waals surface area contributed by atoms with Gasteiger partial charge in [-0.1, -0.05) is 22.0 Å². The van der Waals surface area contributed by atoms with Crippen LogP contribution >= 0.6 is 15.9 Å². The third kappa shape index (κ3) is 2.82. The minimum atomic E-state index is -0.322. The minimum absolute atomic E-state index is 0.322. The molecule has 0 aromatic rings. The van der Waals surface area contributed by atoms with E-state index in [9.17, 15) is 4.79 Å². The Kier molecular flexibility index (Phi) is 4.94. The lowest BCUT2D eigenvalue weighted by molar-refractivity contribution is -0.136. The third-order valence-corrected chi connectivity index (χ3v) is 1.50. The molecule has 0 spiro atoms. The van der Waals surface area contributed by atoms with Crippen molar-refractivity contribution < 1.29 is 9.53 Å². The van der Waals surface area contributed by atoms with E-state index in [0.717, 1.165) is 0 Å². The predicted octanol–water partition coefficient (Wildman–Crippen LogP) is 2.01. The standard InChI is InChI=1S/C7H9BrO2/c1-3-4-6(5-8)7(9)10-2/h3,5H,1,4H2,2H3/b6-5-. The first-order valence-electron chi connectivity index (χ1n) is 2.74. The summed E-state index contributed by atoms with van der Waals surface area (Å²) in [6, 6.07) is 0. The van der Waals surface area contributed by atoms with E-state index in [2.05, 4.69) is 27.2 Å². The second-order valence-electron chi connectivity index (χ2n) is 1.62. The summed E-state index contributed by atoms with van der Waals surface area (Å²) in [5, 5.41) is 0. The molecule has 0 bridgehead atoms. The van der Waals surface area contributed by atoms with Crippen molar-refractivity contribution in [1.82, 2.24) is 0 Å². The molecule has 0 atom stereocenters. The summed E-state index contributed by atoms with van der Waals surface area (Å²) >= 11 is 3.05. The number of carbonyl (C=O) groups excluding carboxylic acids is 1. The van der Waals surface area contributed by atoms with Crippen LogP contribution in [0.15, 0.2) is 23.2 Å². The van der Waals surface area contributed by atoms with Crippen molar-refractivity contribution >= 4 is 21.9 Å². The lowest BCUT2D eigenvalue weighted by Crippen LogP contribution is -2.02. The van der Waals surface area contributed by atoms with Crippen LogP contribution in [-0.4, -0.2) is 13.1 Å². The van der Waals surface area contributed by atoms with Gasteiger partial charge in [0.05, 0.1) is 7.11 Å². The fraction of sp³-hybridized carbons (Fsp3) is 0.286. The predicted molar refractivity (Wildman–Crippen MR) is 43.8 cm³/mol. The van der Waals surface area contributed by atoms with Crippen LogP contribution in [0.25, 0.3) is 0 Å². The van der Waals surface area contributed by atoms with E-state index in [-0.39, 0.29) is 5.97 Å². The van der Waals surface area contributed by atoms with Gasteiger partial charge in [0.15, 0.2) is 0 Å². The van der Waals surface area contributed by atoms with Crippen LogP contribution in [0, 0.1) is 0 Å². The van der Waals surface area contributed by atoms with Gasteiger partial charge in [-0.25, -0.2) is 4.79 Å². The van der Waals surface area contributed by atoms with Gasteiger partial charge in [-0.15, -0.1) is 6.58 Å². The van der Waals surface area contributed by atoms with Crippen molar-refractivity contribution in [2.45, 2.75) is 6.42 Å². The molecular weight excluding hydrogens is 196 g/mol. The summed E-state index contributed by atoms with van der Waals surface area (Å²) in [5.41, 5.74) is 0.567. The molecule has 2 nitrogen and oxygen atoms in total. The highest BCUT2D eigenvalue weighted by Crippen LogP contribution is 2.06. The van der Waals surface area contributed by atoms with Gasteiger partial charge < -0.3 is 4.74 Å². The molecule has 0 aliphatic rings. The summed E-state index contributed by atoms with van der Waals surface area (Å²) in [7, 11) is 1.35. The zero-order chi connectivity index (χ0) is 7.98. The first kappa shape index (κ1) is 9.43. The Morgan fingerprint density at radius 3 is 2.70 bits per heavy atom. The maximum Gasteiger partial charge on any atom is 0.334 e. The van der Waals surface area contributed by atoms with Gasteiger partial charge in [0, 0.05) is 5.57 Å². The molecule has 0 radical (unpaired) electrons. The van der Waals surface area contributed by atoms with Crippen LogP contribution in [0.5, 0.6) is 0 Å². The van der Waals surface area contributed by atoms with Gasteiger partial charge in [0.25, 0.3) is 0 Å². The van der Waals surface area contributed by atoms with Crippen molar-refractivity contribution in [2.24, 2.45) is 0 Å². The van der Waals surface area contributed by atoms with E-state index >= 15 is 0 Å². The molecule has 0 unspecified atom stereocenters. The highest BCUT2D eigenvalue weighted by atomic mass is 79.9. The number of hydrogen-bond acceptors (Lipinski definition) is 2. The Morgan fingerprint density at radius 1 is 1.80 bits per heavy atom. The van der Waals surface area contributed by atoms with E-state index in [1.54, 1.807) is 11.1 Å². The van der Waals surface area contributed by atoms with Crippen molar-refractivity contribution in [1.29, 1.82) is 0 Å². The number of rotatable bonds is 3. The Labute approximate surface area is 68.7 Å². The van der Waals surface area contributed by atoms with Crippen molar-refractivity contribution in [2.75, 3.05) is 7.11 Å². The Balaban J connectivity index is 4.08. The lowest BCUT2D eigenvalue weighted by atomic mass is 10.2. The number of methoxy groups -OCH3 is 1. The molecule has 0 saturated heterocycles. The molecule has 0 saturated carbocycles. The van der Waals surface area contributed by atoms with Crippen LogP contribution in [0.1, 0.15) is 6.42 Å². The minimum Gasteiger partial charge on any atom is -0.466 e. The second-order valence-corrected chi connectivity index (χ2v) is 2.08. The molecule has 0 aromatic heterocycles. The smallest absolute Gasteiger partial charge is 0.334 e. The largest absolute Gasteiger partial charge is 0.466 e. The van der Waals surface area contributed by atoms with Gasteiger partial charge >= 0.3 is 5.97 Å². The van der Waals surface area contributed by atoms with Crippen molar-refractivity contribution in [3.63, 3.8) is 0 Å². The lowest BCUT2D eigenvalue weighted by Gasteiger charge is -1.98. The van der Waals surface area contributed by atoms with Crippen LogP contribution < -0.4 is 0 Å². The number of allylic oxidation sites excluding steroid dienone is 1. The molecule has 0 heterocycles. The SMILES string of the molecule is C=CC/C(=C/Br)C(=O)OC. The molecule has 0 aliphatic heterocycles. The Hall–Kier alpha value is -0.570. The zero-order valence-electron chi connectivity index (χ0n) is 5.76. The first-order valence-corrected chi connectivity index (χ1v) is 3.66. The van der Waals surface area contributed by atoms with E-state index in [4.69, 9.17) is 0 Å². The highest BCUT2D eigenvalue weighted by Gasteiger charge is 2.04. The van der Waals surface area contributed by atoms with Crippen molar-refractivity contribution in [3.05, 3.63) is 23.2 Å². The summed E-state index contributed by atoms with van der Waals surface area (Å²) in [6.45, 7) is 3.50. The molecule has 10 heavy (non-hydrogen) atoms. The molecule has 0 rings (SSSR count). The Morgan fingerprint density at radius 2 is 2.40 bits per heavy atom. The molecule has 0 aromatic carbocycles. The van der Waals surface area contributed by atoms with E-state index < -0.39 is 0 Å². The monoisotopic (exact) mass is 204 g/mol. The van der Waals surface area contributed by atoms with Gasteiger partial charge in [0.1, 0.15) is 0 Å². The molecule has 0 aliphatic carbocycles. The van der Waals surface area contributed by atoms with Gasteiger partial charge in [0.2, 0.25) is 0 Å². The number of hydrogen-bond donors (Lipinski definition) is 0. The maximum absolute atomic E-state index is 10.8. The summed E-state index contributed by atoms with van der Waals surface area (Å²) in [6.07, 6.45) is 2.17. The fourth-order valence-electron chi connectivity index (χ4n) is 0.459. The number of halogens is 1. The molecular formula is C7H9BrO2. The van der Waals surface area contributed by atoms with Gasteiger partial charge in [-0.05, 0) is 11.4 Å². The molecule has 0 fully saturated rings. The highest BCUT2D eigenvalue weighted by molar-refractivity contribution is 9.11. The first-order chi connectivity index (χ1) is 4.76. The van der Waals surface area contributed by atoms with E-state index in [0.29, 0.717) is 12.0 Å². The molecule has 56 valence electrons. The Bertz CT molecular complexity index is 161. The zero-order valence-corrected chi connectivity index (χ0v) is 7.35. The summed E-state index contributed by atoms with van der Waals surface area (Å²) in [4.78, 5) is 12.3. The second kappa shape index (κ2) is 5.23. The van der Waals surface area contributed by atoms with Gasteiger partial charge in [-0.2, -0.15) is 0 Å². The average molecular weight is 205 g/mol. The number of ether oxygens (including phenoxy) is 1. The number of carbonyl (C=O) groups is 1. The third-order valence-electron chi connectivity index (χ3n) is 0.944. The summed E-state index contributed by atoms with van der Waals surface area (Å²) in [5.74, 6) is -0.322. The topological polar surface area (TPSA) is 26.3 Å².